The molecule has 2 aromatic heterocycles. The van der Waals surface area contributed by atoms with E-state index in [1.165, 1.54) is 0 Å². The van der Waals surface area contributed by atoms with Gasteiger partial charge in [0.05, 0.1) is 23.3 Å². The van der Waals surface area contributed by atoms with Gasteiger partial charge in [0.15, 0.2) is 0 Å². The smallest absolute Gasteiger partial charge is 0.131 e. The number of benzene rings is 1. The molecule has 3 aromatic rings. The number of ether oxygens (including phenoxy) is 1. The molecule has 9 heteroatoms. The Kier molecular flexibility index (Phi) is 7.51. The molecule has 6 rings (SSSR count). The molecule has 39 heavy (non-hydrogen) atoms. The second-order valence-corrected chi connectivity index (χ2v) is 11.0. The minimum Gasteiger partial charge on any atom is -0.370 e. The van der Waals surface area contributed by atoms with E-state index in [0.717, 1.165) is 100 Å². The quantitative estimate of drug-likeness (QED) is 0.499. The van der Waals surface area contributed by atoms with E-state index in [2.05, 4.69) is 79.9 Å². The van der Waals surface area contributed by atoms with Crippen LogP contribution in [0.1, 0.15) is 12.5 Å². The number of piperazine rings is 2. The Hall–Kier alpha value is -3.45. The van der Waals surface area contributed by atoms with Crippen molar-refractivity contribution in [3.63, 3.8) is 0 Å². The number of morpholine rings is 1. The molecule has 5 heterocycles. The van der Waals surface area contributed by atoms with Gasteiger partial charge in [0.2, 0.25) is 0 Å². The number of likely N-dealkylation sites (N-methyl/N-ethyl adjacent to an activating group) is 1. The third kappa shape index (κ3) is 5.64. The fourth-order valence-electron chi connectivity index (χ4n) is 6.11. The van der Waals surface area contributed by atoms with Gasteiger partial charge in [0.1, 0.15) is 17.7 Å². The Balaban J connectivity index is 1.08. The van der Waals surface area contributed by atoms with Gasteiger partial charge in [-0.1, -0.05) is 6.07 Å². The van der Waals surface area contributed by atoms with Gasteiger partial charge in [0.25, 0.3) is 0 Å². The zero-order valence-corrected chi connectivity index (χ0v) is 23.0. The van der Waals surface area contributed by atoms with Crippen molar-refractivity contribution in [2.75, 3.05) is 93.7 Å². The van der Waals surface area contributed by atoms with E-state index < -0.39 is 0 Å². The highest BCUT2D eigenvalue weighted by molar-refractivity contribution is 5.95. The van der Waals surface area contributed by atoms with Crippen molar-refractivity contribution in [3.05, 3.63) is 54.2 Å². The first-order valence-corrected chi connectivity index (χ1v) is 14.1. The number of nitriles is 1. The number of hydrogen-bond acceptors (Lipinski definition) is 9. The standard InChI is InChI=1S/C30H38N8O/c1-23-20-38(27-9-8-24(19-31)30-26(27)5-4-10-32-30)22-25(39-23)21-35-13-17-37(18-14-35)29-7-3-6-28(33-29)36-15-11-34(2)12-16-36/h3-10,23,25H,11-18,20-22H2,1-2H3. The van der Waals surface area contributed by atoms with E-state index >= 15 is 0 Å². The fraction of sp³-hybridized carbons (Fsp3) is 0.500. The molecular formula is C30H38N8O. The molecule has 3 aliphatic heterocycles. The van der Waals surface area contributed by atoms with Crippen LogP contribution in [-0.2, 0) is 4.74 Å². The number of aromatic nitrogens is 2. The van der Waals surface area contributed by atoms with E-state index in [9.17, 15) is 5.26 Å². The summed E-state index contributed by atoms with van der Waals surface area (Å²) >= 11 is 0. The van der Waals surface area contributed by atoms with Crippen LogP contribution in [0.3, 0.4) is 0 Å². The van der Waals surface area contributed by atoms with Crippen molar-refractivity contribution in [1.29, 1.82) is 5.26 Å². The molecular weight excluding hydrogens is 488 g/mol. The monoisotopic (exact) mass is 526 g/mol. The summed E-state index contributed by atoms with van der Waals surface area (Å²) in [4.78, 5) is 21.7. The van der Waals surface area contributed by atoms with E-state index in [0.29, 0.717) is 5.56 Å². The first kappa shape index (κ1) is 25.8. The van der Waals surface area contributed by atoms with Gasteiger partial charge in [-0.05, 0) is 50.4 Å². The van der Waals surface area contributed by atoms with Crippen LogP contribution < -0.4 is 14.7 Å². The molecule has 2 atom stereocenters. The number of rotatable bonds is 5. The van der Waals surface area contributed by atoms with Crippen molar-refractivity contribution in [3.8, 4) is 6.07 Å². The average molecular weight is 527 g/mol. The normalized spacial score (nSPS) is 23.3. The number of hydrogen-bond donors (Lipinski definition) is 0. The molecule has 3 aliphatic rings. The van der Waals surface area contributed by atoms with Crippen molar-refractivity contribution >= 4 is 28.2 Å². The number of fused-ring (bicyclic) bond motifs is 1. The molecule has 2 unspecified atom stereocenters. The lowest BCUT2D eigenvalue weighted by molar-refractivity contribution is -0.0327. The third-order valence-electron chi connectivity index (χ3n) is 8.24. The van der Waals surface area contributed by atoms with E-state index in [1.54, 1.807) is 6.20 Å². The summed E-state index contributed by atoms with van der Waals surface area (Å²) in [5.74, 6) is 2.18. The topological polar surface area (TPSA) is 75.0 Å². The van der Waals surface area contributed by atoms with Crippen LogP contribution in [0.5, 0.6) is 0 Å². The van der Waals surface area contributed by atoms with Gasteiger partial charge in [-0.25, -0.2) is 4.98 Å². The van der Waals surface area contributed by atoms with Gasteiger partial charge < -0.3 is 24.3 Å². The van der Waals surface area contributed by atoms with E-state index in [-0.39, 0.29) is 12.2 Å². The SMILES string of the molecule is CC1CN(c2ccc(C#N)c3ncccc23)CC(CN2CCN(c3cccc(N4CCN(C)CC4)n3)CC2)O1. The Morgan fingerprint density at radius 3 is 2.31 bits per heavy atom. The lowest BCUT2D eigenvalue weighted by Gasteiger charge is -2.42. The van der Waals surface area contributed by atoms with Gasteiger partial charge in [0, 0.05) is 89.3 Å². The summed E-state index contributed by atoms with van der Waals surface area (Å²) < 4.78 is 6.41. The Morgan fingerprint density at radius 1 is 0.872 bits per heavy atom. The number of pyridine rings is 2. The fourth-order valence-corrected chi connectivity index (χ4v) is 6.11. The summed E-state index contributed by atoms with van der Waals surface area (Å²) in [5, 5.41) is 10.6. The van der Waals surface area contributed by atoms with Crippen LogP contribution in [0.25, 0.3) is 10.9 Å². The zero-order valence-electron chi connectivity index (χ0n) is 23.0. The summed E-state index contributed by atoms with van der Waals surface area (Å²) in [7, 11) is 2.18. The highest BCUT2D eigenvalue weighted by Crippen LogP contribution is 2.30. The van der Waals surface area contributed by atoms with Crippen LogP contribution in [0, 0.1) is 11.3 Å². The lowest BCUT2D eigenvalue weighted by atomic mass is 10.1. The van der Waals surface area contributed by atoms with Crippen LogP contribution in [-0.4, -0.2) is 111 Å². The van der Waals surface area contributed by atoms with Gasteiger partial charge in [-0.2, -0.15) is 5.26 Å². The van der Waals surface area contributed by atoms with Crippen LogP contribution >= 0.6 is 0 Å². The highest BCUT2D eigenvalue weighted by Gasteiger charge is 2.30. The van der Waals surface area contributed by atoms with Gasteiger partial charge in [-0.15, -0.1) is 0 Å². The molecule has 0 N–H and O–H groups in total. The molecule has 1 aromatic carbocycles. The number of anilines is 3. The molecule has 0 amide bonds. The van der Waals surface area contributed by atoms with Crippen LogP contribution in [0.15, 0.2) is 48.7 Å². The van der Waals surface area contributed by atoms with Crippen LogP contribution in [0.2, 0.25) is 0 Å². The van der Waals surface area contributed by atoms with Crippen LogP contribution in [0.4, 0.5) is 17.3 Å². The Bertz CT molecular complexity index is 1330. The summed E-state index contributed by atoms with van der Waals surface area (Å²) in [6.45, 7) is 12.9. The molecule has 9 nitrogen and oxygen atoms in total. The predicted octanol–water partition coefficient (Wildman–Crippen LogP) is 2.67. The maximum absolute atomic E-state index is 9.54. The maximum Gasteiger partial charge on any atom is 0.131 e. The molecule has 0 bridgehead atoms. The third-order valence-corrected chi connectivity index (χ3v) is 8.24. The van der Waals surface area contributed by atoms with Crippen molar-refractivity contribution in [2.45, 2.75) is 19.1 Å². The highest BCUT2D eigenvalue weighted by atomic mass is 16.5. The molecule has 3 fully saturated rings. The Morgan fingerprint density at radius 2 is 1.59 bits per heavy atom. The second-order valence-electron chi connectivity index (χ2n) is 11.0. The average Bonchev–Trinajstić information content (AvgIpc) is 2.97. The first-order chi connectivity index (χ1) is 19.1. The molecule has 0 radical (unpaired) electrons. The maximum atomic E-state index is 9.54. The molecule has 0 spiro atoms. The van der Waals surface area contributed by atoms with E-state index in [1.807, 2.05) is 12.1 Å². The minimum atomic E-state index is 0.126. The summed E-state index contributed by atoms with van der Waals surface area (Å²) in [5.41, 5.74) is 2.52. The van der Waals surface area contributed by atoms with E-state index in [4.69, 9.17) is 9.72 Å². The predicted molar refractivity (Wildman–Crippen MR) is 156 cm³/mol. The number of nitrogens with zero attached hydrogens (tertiary/aromatic N) is 8. The van der Waals surface area contributed by atoms with Crippen molar-refractivity contribution in [1.82, 2.24) is 19.8 Å². The molecule has 3 saturated heterocycles. The Labute approximate surface area is 231 Å². The van der Waals surface area contributed by atoms with Gasteiger partial charge >= 0.3 is 0 Å². The molecule has 0 saturated carbocycles. The zero-order chi connectivity index (χ0) is 26.8. The van der Waals surface area contributed by atoms with Gasteiger partial charge in [-0.3, -0.25) is 9.88 Å². The minimum absolute atomic E-state index is 0.126. The largest absolute Gasteiger partial charge is 0.370 e. The summed E-state index contributed by atoms with van der Waals surface area (Å²) in [6.07, 6.45) is 2.02. The van der Waals surface area contributed by atoms with Crippen molar-refractivity contribution < 1.29 is 4.74 Å². The summed E-state index contributed by atoms with van der Waals surface area (Å²) in [6, 6.07) is 16.7. The lowest BCUT2D eigenvalue weighted by Crippen LogP contribution is -2.54. The second kappa shape index (κ2) is 11.3. The molecule has 0 aliphatic carbocycles. The molecule has 204 valence electrons. The van der Waals surface area contributed by atoms with Crippen molar-refractivity contribution in [2.24, 2.45) is 0 Å². The first-order valence-electron chi connectivity index (χ1n) is 14.1.